The summed E-state index contributed by atoms with van der Waals surface area (Å²) in [4.78, 5) is 36.5. The van der Waals surface area contributed by atoms with E-state index in [-0.39, 0.29) is 36.6 Å². The first kappa shape index (κ1) is 24.7. The number of amides is 2. The number of nitro groups is 1. The number of non-ortho nitro benzene ring substituents is 1. The van der Waals surface area contributed by atoms with Crippen molar-refractivity contribution in [1.82, 2.24) is 4.90 Å². The smallest absolute Gasteiger partial charge is 0.293 e. The van der Waals surface area contributed by atoms with Crippen molar-refractivity contribution in [3.63, 3.8) is 0 Å². The van der Waals surface area contributed by atoms with E-state index in [1.807, 2.05) is 6.92 Å². The minimum absolute atomic E-state index is 0.00693. The van der Waals surface area contributed by atoms with Gasteiger partial charge < -0.3 is 14.2 Å². The molecule has 1 aliphatic rings. The predicted molar refractivity (Wildman–Crippen MR) is 127 cm³/mol. The average molecular weight is 537 g/mol. The molecule has 1 fully saturated rings. The number of carbonyl (C=O) groups excluding carboxylic acids is 2. The van der Waals surface area contributed by atoms with Crippen LogP contribution in [-0.2, 0) is 16.1 Å². The number of thioether (sulfide) groups is 1. The van der Waals surface area contributed by atoms with Gasteiger partial charge in [0.05, 0.1) is 29.6 Å². The van der Waals surface area contributed by atoms with Crippen molar-refractivity contribution in [2.75, 3.05) is 26.9 Å². The van der Waals surface area contributed by atoms with E-state index in [2.05, 4.69) is 15.9 Å². The van der Waals surface area contributed by atoms with Gasteiger partial charge in [-0.15, -0.1) is 0 Å². The van der Waals surface area contributed by atoms with E-state index >= 15 is 0 Å². The Labute approximate surface area is 203 Å². The second-order valence-corrected chi connectivity index (χ2v) is 8.64. The number of ether oxygens (including phenoxy) is 3. The van der Waals surface area contributed by atoms with Crippen LogP contribution in [0.5, 0.6) is 11.5 Å². The van der Waals surface area contributed by atoms with Crippen LogP contribution in [0.15, 0.2) is 45.8 Å². The van der Waals surface area contributed by atoms with E-state index in [0.29, 0.717) is 33.0 Å². The number of imide groups is 1. The summed E-state index contributed by atoms with van der Waals surface area (Å²) in [6, 6.07) is 9.53. The Balaban J connectivity index is 1.80. The van der Waals surface area contributed by atoms with Crippen molar-refractivity contribution in [2.24, 2.45) is 0 Å². The number of nitrogens with zero attached hydrogens (tertiary/aromatic N) is 2. The van der Waals surface area contributed by atoms with E-state index in [4.69, 9.17) is 14.2 Å². The van der Waals surface area contributed by atoms with Crippen LogP contribution in [0.4, 0.5) is 10.5 Å². The molecule has 174 valence electrons. The van der Waals surface area contributed by atoms with Crippen molar-refractivity contribution in [2.45, 2.75) is 13.5 Å². The topological polar surface area (TPSA) is 108 Å². The highest BCUT2D eigenvalue weighted by molar-refractivity contribution is 9.10. The van der Waals surface area contributed by atoms with Crippen LogP contribution in [0.2, 0.25) is 0 Å². The van der Waals surface area contributed by atoms with Gasteiger partial charge in [-0.05, 0) is 60.2 Å². The number of methoxy groups -OCH3 is 1. The van der Waals surface area contributed by atoms with Crippen LogP contribution in [0.25, 0.3) is 6.08 Å². The van der Waals surface area contributed by atoms with Crippen molar-refractivity contribution in [3.05, 3.63) is 67.0 Å². The highest BCUT2D eigenvalue weighted by atomic mass is 79.9. The molecule has 0 N–H and O–H groups in total. The van der Waals surface area contributed by atoms with Gasteiger partial charge in [0.2, 0.25) is 0 Å². The Kier molecular flexibility index (Phi) is 8.48. The van der Waals surface area contributed by atoms with Crippen LogP contribution < -0.4 is 9.47 Å². The predicted octanol–water partition coefficient (Wildman–Crippen LogP) is 5.02. The summed E-state index contributed by atoms with van der Waals surface area (Å²) in [5.74, 6) is 0.560. The third-order valence-corrected chi connectivity index (χ3v) is 6.18. The molecule has 3 rings (SSSR count). The minimum Gasteiger partial charge on any atom is -0.490 e. The molecule has 2 amide bonds. The Morgan fingerprint density at radius 1 is 1.15 bits per heavy atom. The zero-order valence-electron chi connectivity index (χ0n) is 17.9. The summed E-state index contributed by atoms with van der Waals surface area (Å²) in [6.07, 6.45) is 1.63. The number of rotatable bonds is 10. The zero-order valence-corrected chi connectivity index (χ0v) is 20.3. The van der Waals surface area contributed by atoms with Crippen LogP contribution in [0.1, 0.15) is 18.1 Å². The number of hydrogen-bond acceptors (Lipinski definition) is 8. The summed E-state index contributed by atoms with van der Waals surface area (Å²) < 4.78 is 17.2. The standard InChI is InChI=1S/C22H21BrN2O7S/c1-3-31-18-10-15(11-20-21(26)24(8-9-30-2)22(27)33-20)17(23)12-19(18)32-13-14-4-6-16(7-5-14)25(28)29/h4-7,10-12H,3,8-9,13H2,1-2H3/b20-11+. The van der Waals surface area contributed by atoms with Gasteiger partial charge in [0.25, 0.3) is 16.8 Å². The van der Waals surface area contributed by atoms with Gasteiger partial charge in [0.15, 0.2) is 11.5 Å². The molecule has 0 aliphatic carbocycles. The van der Waals surface area contributed by atoms with E-state index < -0.39 is 4.92 Å². The summed E-state index contributed by atoms with van der Waals surface area (Å²) in [7, 11) is 1.51. The molecule has 9 nitrogen and oxygen atoms in total. The molecule has 0 saturated carbocycles. The zero-order chi connectivity index (χ0) is 24.0. The normalized spacial score (nSPS) is 14.8. The lowest BCUT2D eigenvalue weighted by atomic mass is 10.1. The minimum atomic E-state index is -0.458. The SMILES string of the molecule is CCOc1cc(/C=C2/SC(=O)N(CCOC)C2=O)c(Br)cc1OCc1ccc([N+](=O)[O-])cc1. The van der Waals surface area contributed by atoms with Crippen LogP contribution in [-0.4, -0.2) is 47.8 Å². The molecule has 1 aliphatic heterocycles. The highest BCUT2D eigenvalue weighted by Crippen LogP contribution is 2.38. The fourth-order valence-corrected chi connectivity index (χ4v) is 4.23. The molecule has 11 heteroatoms. The summed E-state index contributed by atoms with van der Waals surface area (Å²) in [5, 5.41) is 10.5. The maximum atomic E-state index is 12.6. The molecule has 2 aromatic rings. The first-order chi connectivity index (χ1) is 15.8. The maximum absolute atomic E-state index is 12.6. The summed E-state index contributed by atoms with van der Waals surface area (Å²) in [6.45, 7) is 2.87. The molecule has 1 heterocycles. The monoisotopic (exact) mass is 536 g/mol. The number of hydrogen-bond donors (Lipinski definition) is 0. The van der Waals surface area contributed by atoms with Gasteiger partial charge in [0.1, 0.15) is 6.61 Å². The van der Waals surface area contributed by atoms with Gasteiger partial charge in [-0.3, -0.25) is 24.6 Å². The molecule has 0 atom stereocenters. The molecular formula is C22H21BrN2O7S. The largest absolute Gasteiger partial charge is 0.490 e. The Bertz CT molecular complexity index is 1090. The third kappa shape index (κ3) is 6.12. The fourth-order valence-electron chi connectivity index (χ4n) is 2.93. The summed E-state index contributed by atoms with van der Waals surface area (Å²) in [5.41, 5.74) is 1.42. The van der Waals surface area contributed by atoms with Crippen molar-refractivity contribution in [3.8, 4) is 11.5 Å². The molecule has 33 heavy (non-hydrogen) atoms. The third-order valence-electron chi connectivity index (χ3n) is 4.58. The van der Waals surface area contributed by atoms with Crippen molar-refractivity contribution < 1.29 is 28.7 Å². The molecule has 0 unspecified atom stereocenters. The van der Waals surface area contributed by atoms with E-state index in [1.54, 1.807) is 30.3 Å². The average Bonchev–Trinajstić information content (AvgIpc) is 3.06. The van der Waals surface area contributed by atoms with Crippen molar-refractivity contribution in [1.29, 1.82) is 0 Å². The van der Waals surface area contributed by atoms with E-state index in [0.717, 1.165) is 22.2 Å². The van der Waals surface area contributed by atoms with Gasteiger partial charge in [-0.25, -0.2) is 0 Å². The summed E-state index contributed by atoms with van der Waals surface area (Å²) >= 11 is 4.36. The van der Waals surface area contributed by atoms with E-state index in [9.17, 15) is 19.7 Å². The van der Waals surface area contributed by atoms with Crippen LogP contribution >= 0.6 is 27.7 Å². The Morgan fingerprint density at radius 2 is 1.85 bits per heavy atom. The maximum Gasteiger partial charge on any atom is 0.293 e. The lowest BCUT2D eigenvalue weighted by molar-refractivity contribution is -0.384. The molecule has 0 radical (unpaired) electrons. The van der Waals surface area contributed by atoms with Gasteiger partial charge in [0, 0.05) is 23.7 Å². The molecule has 0 aromatic heterocycles. The Morgan fingerprint density at radius 3 is 2.48 bits per heavy atom. The van der Waals surface area contributed by atoms with Gasteiger partial charge in [-0.2, -0.15) is 0 Å². The second kappa shape index (κ2) is 11.3. The Hall–Kier alpha value is -2.89. The second-order valence-electron chi connectivity index (χ2n) is 6.79. The van der Waals surface area contributed by atoms with E-state index in [1.165, 1.54) is 19.2 Å². The highest BCUT2D eigenvalue weighted by Gasteiger charge is 2.34. The number of benzene rings is 2. The molecule has 2 aromatic carbocycles. The van der Waals surface area contributed by atoms with Crippen LogP contribution in [0, 0.1) is 10.1 Å². The van der Waals surface area contributed by atoms with Gasteiger partial charge >= 0.3 is 0 Å². The van der Waals surface area contributed by atoms with Gasteiger partial charge in [-0.1, -0.05) is 15.9 Å². The first-order valence-corrected chi connectivity index (χ1v) is 11.5. The quantitative estimate of drug-likeness (QED) is 0.236. The van der Waals surface area contributed by atoms with Crippen molar-refractivity contribution >= 4 is 50.6 Å². The number of halogens is 1. The molecule has 0 bridgehead atoms. The van der Waals surface area contributed by atoms with Crippen LogP contribution in [0.3, 0.4) is 0 Å². The fraction of sp³-hybridized carbons (Fsp3) is 0.273. The molecular weight excluding hydrogens is 516 g/mol. The molecule has 0 spiro atoms. The first-order valence-electron chi connectivity index (χ1n) is 9.90. The number of nitro benzene ring substituents is 1. The number of carbonyl (C=O) groups is 2. The molecule has 1 saturated heterocycles. The lowest BCUT2D eigenvalue weighted by Gasteiger charge is -2.14. The lowest BCUT2D eigenvalue weighted by Crippen LogP contribution is -2.31.